The van der Waals surface area contributed by atoms with Crippen LogP contribution in [0.25, 0.3) is 0 Å². The van der Waals surface area contributed by atoms with Crippen LogP contribution in [0.3, 0.4) is 0 Å². The van der Waals surface area contributed by atoms with Crippen molar-refractivity contribution in [3.63, 3.8) is 0 Å². The van der Waals surface area contributed by atoms with Crippen LogP contribution in [0.4, 0.5) is 0 Å². The van der Waals surface area contributed by atoms with E-state index in [-0.39, 0.29) is 0 Å². The largest absolute Gasteiger partial charge is 0.452 e. The van der Waals surface area contributed by atoms with Gasteiger partial charge in [0.05, 0.1) is 18.6 Å². The average molecular weight is 274 g/mol. The Hall–Kier alpha value is -1.88. The smallest absolute Gasteiger partial charge is 0.165 e. The summed E-state index contributed by atoms with van der Waals surface area (Å²) in [5.41, 5.74) is 1.10. The minimum absolute atomic E-state index is 0.326. The molecule has 108 valence electrons. The lowest BCUT2D eigenvalue weighted by Gasteiger charge is -2.10. The zero-order chi connectivity index (χ0) is 14.4. The maximum Gasteiger partial charge on any atom is 0.165 e. The minimum atomic E-state index is 0.326. The van der Waals surface area contributed by atoms with Crippen molar-refractivity contribution in [1.29, 1.82) is 0 Å². The van der Waals surface area contributed by atoms with Crippen LogP contribution in [0.15, 0.2) is 30.9 Å². The zero-order valence-electron chi connectivity index (χ0n) is 12.3. The monoisotopic (exact) mass is 274 g/mol. The van der Waals surface area contributed by atoms with Gasteiger partial charge in [-0.25, -0.2) is 0 Å². The Balaban J connectivity index is 2.07. The normalized spacial score (nSPS) is 11.0. The maximum absolute atomic E-state index is 5.89. The highest BCUT2D eigenvalue weighted by Crippen LogP contribution is 2.24. The fourth-order valence-electron chi connectivity index (χ4n) is 1.83. The molecule has 0 saturated heterocycles. The molecule has 0 saturated carbocycles. The van der Waals surface area contributed by atoms with Gasteiger partial charge < -0.3 is 10.1 Å². The molecule has 0 atom stereocenters. The number of nitrogens with one attached hydrogen (secondary N) is 1. The maximum atomic E-state index is 5.89. The molecule has 0 spiro atoms. The van der Waals surface area contributed by atoms with Crippen molar-refractivity contribution in [2.45, 2.75) is 39.8 Å². The SMILES string of the molecule is CCCNCc1ccncc1Oc1cnn(C(C)C)c1. The molecule has 20 heavy (non-hydrogen) atoms. The third-order valence-corrected chi connectivity index (χ3v) is 2.95. The zero-order valence-corrected chi connectivity index (χ0v) is 12.3. The van der Waals surface area contributed by atoms with E-state index in [2.05, 4.69) is 36.2 Å². The Morgan fingerprint density at radius 1 is 1.35 bits per heavy atom. The molecule has 5 nitrogen and oxygen atoms in total. The van der Waals surface area contributed by atoms with Crippen molar-refractivity contribution in [2.24, 2.45) is 0 Å². The molecule has 0 aliphatic carbocycles. The molecule has 2 rings (SSSR count). The molecule has 5 heteroatoms. The van der Waals surface area contributed by atoms with E-state index in [9.17, 15) is 0 Å². The number of rotatable bonds is 7. The number of ether oxygens (including phenoxy) is 1. The molecule has 0 bridgehead atoms. The van der Waals surface area contributed by atoms with Crippen molar-refractivity contribution in [3.05, 3.63) is 36.4 Å². The Labute approximate surface area is 120 Å². The number of pyridine rings is 1. The van der Waals surface area contributed by atoms with Gasteiger partial charge in [0.1, 0.15) is 5.75 Å². The second-order valence-corrected chi connectivity index (χ2v) is 5.01. The number of aromatic nitrogens is 3. The van der Waals surface area contributed by atoms with E-state index >= 15 is 0 Å². The predicted molar refractivity (Wildman–Crippen MR) is 78.9 cm³/mol. The summed E-state index contributed by atoms with van der Waals surface area (Å²) in [6, 6.07) is 2.30. The fraction of sp³-hybridized carbons (Fsp3) is 0.467. The first-order valence-corrected chi connectivity index (χ1v) is 7.06. The van der Waals surface area contributed by atoms with Crippen LogP contribution >= 0.6 is 0 Å². The molecule has 1 N–H and O–H groups in total. The number of hydrogen-bond donors (Lipinski definition) is 1. The second-order valence-electron chi connectivity index (χ2n) is 5.01. The molecule has 0 aromatic carbocycles. The summed E-state index contributed by atoms with van der Waals surface area (Å²) >= 11 is 0. The van der Waals surface area contributed by atoms with E-state index in [0.29, 0.717) is 6.04 Å². The van der Waals surface area contributed by atoms with Crippen molar-refractivity contribution in [3.8, 4) is 11.5 Å². The standard InChI is InChI=1S/C15H22N4O/c1-4-6-16-8-13-5-7-17-10-15(13)20-14-9-18-19(11-14)12(2)3/h5,7,9-12,16H,4,6,8H2,1-3H3. The van der Waals surface area contributed by atoms with Gasteiger partial charge in [-0.15, -0.1) is 0 Å². The summed E-state index contributed by atoms with van der Waals surface area (Å²) in [7, 11) is 0. The van der Waals surface area contributed by atoms with Crippen LogP contribution < -0.4 is 10.1 Å². The van der Waals surface area contributed by atoms with Gasteiger partial charge in [0.2, 0.25) is 0 Å². The highest BCUT2D eigenvalue weighted by molar-refractivity contribution is 5.33. The van der Waals surface area contributed by atoms with Gasteiger partial charge in [-0.2, -0.15) is 5.10 Å². The van der Waals surface area contributed by atoms with E-state index < -0.39 is 0 Å². The molecule has 2 aromatic rings. The topological polar surface area (TPSA) is 52.0 Å². The minimum Gasteiger partial charge on any atom is -0.452 e. The number of nitrogens with zero attached hydrogens (tertiary/aromatic N) is 3. The highest BCUT2D eigenvalue weighted by atomic mass is 16.5. The van der Waals surface area contributed by atoms with Crippen LogP contribution in [0, 0.1) is 0 Å². The molecule has 0 aliphatic rings. The molecule has 0 unspecified atom stereocenters. The summed E-state index contributed by atoms with van der Waals surface area (Å²) in [4.78, 5) is 4.13. The quantitative estimate of drug-likeness (QED) is 0.788. The lowest BCUT2D eigenvalue weighted by Crippen LogP contribution is -2.14. The first-order valence-electron chi connectivity index (χ1n) is 7.06. The van der Waals surface area contributed by atoms with Gasteiger partial charge in [-0.3, -0.25) is 9.67 Å². The van der Waals surface area contributed by atoms with E-state index in [1.807, 2.05) is 16.9 Å². The average Bonchev–Trinajstić information content (AvgIpc) is 2.90. The fourth-order valence-corrected chi connectivity index (χ4v) is 1.83. The molecule has 0 aliphatic heterocycles. The van der Waals surface area contributed by atoms with Crippen LogP contribution in [0.1, 0.15) is 38.8 Å². The molecule has 0 fully saturated rings. The lowest BCUT2D eigenvalue weighted by atomic mass is 10.2. The van der Waals surface area contributed by atoms with Gasteiger partial charge in [-0.05, 0) is 32.9 Å². The third kappa shape index (κ3) is 3.81. The summed E-state index contributed by atoms with van der Waals surface area (Å²) in [6.07, 6.45) is 8.28. The Morgan fingerprint density at radius 3 is 2.90 bits per heavy atom. The predicted octanol–water partition coefficient (Wildman–Crippen LogP) is 3.15. The molecular weight excluding hydrogens is 252 g/mol. The number of hydrogen-bond acceptors (Lipinski definition) is 4. The van der Waals surface area contributed by atoms with Crippen molar-refractivity contribution >= 4 is 0 Å². The molecule has 2 aromatic heterocycles. The van der Waals surface area contributed by atoms with E-state index in [0.717, 1.165) is 36.6 Å². The van der Waals surface area contributed by atoms with Crippen LogP contribution in [0.5, 0.6) is 11.5 Å². The van der Waals surface area contributed by atoms with Gasteiger partial charge >= 0.3 is 0 Å². The summed E-state index contributed by atoms with van der Waals surface area (Å²) in [5, 5.41) is 7.64. The van der Waals surface area contributed by atoms with Gasteiger partial charge in [0.15, 0.2) is 5.75 Å². The van der Waals surface area contributed by atoms with Crippen molar-refractivity contribution < 1.29 is 4.74 Å². The van der Waals surface area contributed by atoms with Crippen LogP contribution in [-0.4, -0.2) is 21.3 Å². The summed E-state index contributed by atoms with van der Waals surface area (Å²) in [5.74, 6) is 1.52. The molecule has 2 heterocycles. The van der Waals surface area contributed by atoms with E-state index in [1.165, 1.54) is 0 Å². The van der Waals surface area contributed by atoms with Gasteiger partial charge in [0.25, 0.3) is 0 Å². The Morgan fingerprint density at radius 2 is 2.20 bits per heavy atom. The van der Waals surface area contributed by atoms with Crippen LogP contribution in [0.2, 0.25) is 0 Å². The van der Waals surface area contributed by atoms with Gasteiger partial charge in [-0.1, -0.05) is 6.92 Å². The summed E-state index contributed by atoms with van der Waals surface area (Å²) in [6.45, 7) is 8.09. The van der Waals surface area contributed by atoms with Gasteiger partial charge in [0, 0.05) is 24.3 Å². The lowest BCUT2D eigenvalue weighted by molar-refractivity contribution is 0.466. The second kappa shape index (κ2) is 7.05. The van der Waals surface area contributed by atoms with Crippen LogP contribution in [-0.2, 0) is 6.54 Å². The Bertz CT molecular complexity index is 536. The van der Waals surface area contributed by atoms with Crippen molar-refractivity contribution in [1.82, 2.24) is 20.1 Å². The van der Waals surface area contributed by atoms with Crippen molar-refractivity contribution in [2.75, 3.05) is 6.54 Å². The first kappa shape index (κ1) is 14.5. The van der Waals surface area contributed by atoms with E-state index in [1.54, 1.807) is 18.6 Å². The molecular formula is C15H22N4O. The first-order chi connectivity index (χ1) is 9.70. The molecule has 0 amide bonds. The van der Waals surface area contributed by atoms with E-state index in [4.69, 9.17) is 4.74 Å². The third-order valence-electron chi connectivity index (χ3n) is 2.95. The summed E-state index contributed by atoms with van der Waals surface area (Å²) < 4.78 is 7.76. The molecule has 0 radical (unpaired) electrons. The Kier molecular flexibility index (Phi) is 5.12. The highest BCUT2D eigenvalue weighted by Gasteiger charge is 2.07.